The molecule has 3 aromatic rings. The highest BCUT2D eigenvalue weighted by Gasteiger charge is 2.36. The summed E-state index contributed by atoms with van der Waals surface area (Å²) in [6.07, 6.45) is 1.61. The molecule has 1 amide bonds. The Labute approximate surface area is 249 Å². The van der Waals surface area contributed by atoms with Gasteiger partial charge < -0.3 is 29.1 Å². The van der Waals surface area contributed by atoms with Gasteiger partial charge in [-0.3, -0.25) is 4.79 Å². The third kappa shape index (κ3) is 6.40. The van der Waals surface area contributed by atoms with Crippen molar-refractivity contribution in [1.29, 1.82) is 0 Å². The van der Waals surface area contributed by atoms with Crippen LogP contribution in [0.25, 0.3) is 0 Å². The number of carbonyl (C=O) groups is 1. The Morgan fingerprint density at radius 1 is 0.952 bits per heavy atom. The molecule has 0 aliphatic carbocycles. The van der Waals surface area contributed by atoms with Crippen LogP contribution in [0, 0.1) is 5.82 Å². The fraction of sp³-hybridized carbons (Fsp3) is 0.441. The van der Waals surface area contributed by atoms with E-state index < -0.39 is 0 Å². The molecule has 8 heteroatoms. The molecule has 1 atom stereocenters. The zero-order valence-corrected chi connectivity index (χ0v) is 25.3. The van der Waals surface area contributed by atoms with Gasteiger partial charge in [-0.05, 0) is 68.9 Å². The van der Waals surface area contributed by atoms with Crippen LogP contribution in [-0.2, 0) is 13.1 Å². The first kappa shape index (κ1) is 29.9. The lowest BCUT2D eigenvalue weighted by Crippen LogP contribution is -2.46. The number of anilines is 1. The Kier molecular flexibility index (Phi) is 9.65. The average Bonchev–Trinajstić information content (AvgIpc) is 3.36. The predicted octanol–water partition coefficient (Wildman–Crippen LogP) is 5.59. The first-order valence-electron chi connectivity index (χ1n) is 15.0. The number of rotatable bonds is 12. The van der Waals surface area contributed by atoms with E-state index in [1.165, 1.54) is 11.8 Å². The second kappa shape index (κ2) is 13.6. The van der Waals surface area contributed by atoms with E-state index >= 15 is 0 Å². The first-order chi connectivity index (χ1) is 20.4. The summed E-state index contributed by atoms with van der Waals surface area (Å²) >= 11 is 0. The predicted molar refractivity (Wildman–Crippen MR) is 165 cm³/mol. The van der Waals surface area contributed by atoms with E-state index in [0.717, 1.165) is 68.8 Å². The fourth-order valence-electron chi connectivity index (χ4n) is 6.30. The minimum atomic E-state index is -0.181. The summed E-state index contributed by atoms with van der Waals surface area (Å²) in [5.41, 5.74) is 4.80. The maximum atomic E-state index is 14.2. The van der Waals surface area contributed by atoms with Gasteiger partial charge in [-0.2, -0.15) is 0 Å². The summed E-state index contributed by atoms with van der Waals surface area (Å²) in [5, 5.41) is 0. The molecule has 0 bridgehead atoms. The molecule has 0 N–H and O–H groups in total. The first-order valence-corrected chi connectivity index (χ1v) is 15.0. The van der Waals surface area contributed by atoms with Gasteiger partial charge in [-0.15, -0.1) is 0 Å². The Bertz CT molecular complexity index is 1370. The third-order valence-corrected chi connectivity index (χ3v) is 8.72. The molecule has 0 aromatic heterocycles. The van der Waals surface area contributed by atoms with Gasteiger partial charge in [0.1, 0.15) is 5.82 Å². The summed E-state index contributed by atoms with van der Waals surface area (Å²) < 4.78 is 25.4. The van der Waals surface area contributed by atoms with Crippen LogP contribution in [0.4, 0.5) is 10.1 Å². The SMILES string of the molecule is CCN1CCN(c2cccc3c2CN([C@H](CCCN(C)Cc2ccccc2F)c2ccc(OC)c(OC)c2)C3=O)CC1. The number of hydrogen-bond acceptors (Lipinski definition) is 6. The van der Waals surface area contributed by atoms with Crippen LogP contribution in [0.3, 0.4) is 0 Å². The lowest BCUT2D eigenvalue weighted by molar-refractivity contribution is 0.0686. The number of methoxy groups -OCH3 is 2. The molecule has 3 aromatic carbocycles. The van der Waals surface area contributed by atoms with Crippen LogP contribution < -0.4 is 14.4 Å². The fourth-order valence-corrected chi connectivity index (χ4v) is 6.30. The van der Waals surface area contributed by atoms with Crippen molar-refractivity contribution in [3.63, 3.8) is 0 Å². The van der Waals surface area contributed by atoms with Gasteiger partial charge in [0.05, 0.1) is 20.3 Å². The number of carbonyl (C=O) groups excluding carboxylic acids is 1. The Balaban J connectivity index is 1.37. The largest absolute Gasteiger partial charge is 0.493 e. The Hall–Kier alpha value is -3.62. The van der Waals surface area contributed by atoms with Crippen LogP contribution in [0.1, 0.15) is 52.9 Å². The van der Waals surface area contributed by atoms with E-state index in [-0.39, 0.29) is 17.8 Å². The second-order valence-corrected chi connectivity index (χ2v) is 11.3. The molecular weight excluding hydrogens is 531 g/mol. The highest BCUT2D eigenvalue weighted by Crippen LogP contribution is 2.40. The second-order valence-electron chi connectivity index (χ2n) is 11.3. The molecule has 2 aliphatic heterocycles. The minimum absolute atomic E-state index is 0.0681. The van der Waals surface area contributed by atoms with Crippen molar-refractivity contribution >= 4 is 11.6 Å². The van der Waals surface area contributed by atoms with E-state index in [9.17, 15) is 9.18 Å². The van der Waals surface area contributed by atoms with Crippen molar-refractivity contribution in [3.8, 4) is 11.5 Å². The van der Waals surface area contributed by atoms with Crippen molar-refractivity contribution in [1.82, 2.24) is 14.7 Å². The molecule has 0 saturated carbocycles. The normalized spacial score (nSPS) is 16.2. The van der Waals surface area contributed by atoms with E-state index in [2.05, 4.69) is 27.7 Å². The van der Waals surface area contributed by atoms with Crippen molar-refractivity contribution in [3.05, 3.63) is 88.7 Å². The van der Waals surface area contributed by atoms with Crippen molar-refractivity contribution in [2.45, 2.75) is 38.9 Å². The molecule has 5 rings (SSSR count). The van der Waals surface area contributed by atoms with Crippen LogP contribution in [0.2, 0.25) is 0 Å². The lowest BCUT2D eigenvalue weighted by atomic mass is 9.99. The number of halogens is 1. The van der Waals surface area contributed by atoms with Crippen LogP contribution >= 0.6 is 0 Å². The van der Waals surface area contributed by atoms with Gasteiger partial charge in [0.2, 0.25) is 0 Å². The van der Waals surface area contributed by atoms with Crippen LogP contribution in [0.5, 0.6) is 11.5 Å². The molecule has 0 unspecified atom stereocenters. The van der Waals surface area contributed by atoms with Gasteiger partial charge in [0.15, 0.2) is 11.5 Å². The molecule has 1 saturated heterocycles. The number of benzene rings is 3. The number of nitrogens with zero attached hydrogens (tertiary/aromatic N) is 4. The lowest BCUT2D eigenvalue weighted by Gasteiger charge is -2.36. The average molecular weight is 575 g/mol. The molecule has 224 valence electrons. The standard InChI is InChI=1S/C34H43FN4O3/c1-5-37-18-20-38(21-19-37)31-13-8-11-27-28(31)24-39(34(27)40)30(25-15-16-32(41-3)33(22-25)42-4)14-9-17-36(2)23-26-10-6-7-12-29(26)35/h6-8,10-13,15-16,22,30H,5,9,14,17-21,23-24H2,1-4H3/t30-/m1/s1. The summed E-state index contributed by atoms with van der Waals surface area (Å²) in [4.78, 5) is 23.1. The summed E-state index contributed by atoms with van der Waals surface area (Å²) in [5.74, 6) is 1.20. The summed E-state index contributed by atoms with van der Waals surface area (Å²) in [7, 11) is 5.28. The number of piperazine rings is 1. The monoisotopic (exact) mass is 574 g/mol. The maximum absolute atomic E-state index is 14.2. The van der Waals surface area contributed by atoms with Crippen molar-refractivity contribution < 1.29 is 18.7 Å². The molecule has 2 aliphatic rings. The number of amides is 1. The van der Waals surface area contributed by atoms with E-state index in [0.29, 0.717) is 30.2 Å². The minimum Gasteiger partial charge on any atom is -0.493 e. The number of ether oxygens (including phenoxy) is 2. The van der Waals surface area contributed by atoms with Gasteiger partial charge in [-0.25, -0.2) is 4.39 Å². The smallest absolute Gasteiger partial charge is 0.255 e. The molecule has 2 heterocycles. The topological polar surface area (TPSA) is 48.5 Å². The number of likely N-dealkylation sites (N-methyl/N-ethyl adjacent to an activating group) is 1. The van der Waals surface area contributed by atoms with E-state index in [4.69, 9.17) is 9.47 Å². The van der Waals surface area contributed by atoms with Crippen LogP contribution in [-0.4, -0.2) is 81.1 Å². The molecule has 1 fully saturated rings. The molecular formula is C34H43FN4O3. The van der Waals surface area contributed by atoms with Crippen LogP contribution in [0.15, 0.2) is 60.7 Å². The Morgan fingerprint density at radius 2 is 1.71 bits per heavy atom. The third-order valence-electron chi connectivity index (χ3n) is 8.72. The molecule has 0 spiro atoms. The van der Waals surface area contributed by atoms with Gasteiger partial charge >= 0.3 is 0 Å². The quantitative estimate of drug-likeness (QED) is 0.281. The Morgan fingerprint density at radius 3 is 2.43 bits per heavy atom. The van der Waals surface area contributed by atoms with Gasteiger partial charge in [0, 0.05) is 61.6 Å². The van der Waals surface area contributed by atoms with E-state index in [1.54, 1.807) is 20.3 Å². The zero-order valence-electron chi connectivity index (χ0n) is 25.3. The molecule has 7 nitrogen and oxygen atoms in total. The maximum Gasteiger partial charge on any atom is 0.255 e. The molecule has 42 heavy (non-hydrogen) atoms. The van der Waals surface area contributed by atoms with Gasteiger partial charge in [0.25, 0.3) is 5.91 Å². The number of fused-ring (bicyclic) bond motifs is 1. The van der Waals surface area contributed by atoms with Gasteiger partial charge in [-0.1, -0.05) is 37.3 Å². The highest BCUT2D eigenvalue weighted by atomic mass is 19.1. The summed E-state index contributed by atoms with van der Waals surface area (Å²) in [6, 6.07) is 18.9. The molecule has 0 radical (unpaired) electrons. The van der Waals surface area contributed by atoms with Crippen molar-refractivity contribution in [2.75, 3.05) is 65.4 Å². The highest BCUT2D eigenvalue weighted by molar-refractivity contribution is 6.00. The summed E-state index contributed by atoms with van der Waals surface area (Å²) in [6.45, 7) is 9.16. The number of hydrogen-bond donors (Lipinski definition) is 0. The zero-order chi connectivity index (χ0) is 29.6. The van der Waals surface area contributed by atoms with Crippen molar-refractivity contribution in [2.24, 2.45) is 0 Å². The van der Waals surface area contributed by atoms with E-state index in [1.807, 2.05) is 54.4 Å².